The lowest BCUT2D eigenvalue weighted by Gasteiger charge is -2.20. The van der Waals surface area contributed by atoms with E-state index in [1.54, 1.807) is 0 Å². The minimum absolute atomic E-state index is 0.403. The molecule has 0 radical (unpaired) electrons. The number of nitrogens with zero attached hydrogens (tertiary/aromatic N) is 3. The second-order valence-corrected chi connectivity index (χ2v) is 11.7. The summed E-state index contributed by atoms with van der Waals surface area (Å²) < 4.78 is 5.02. The highest BCUT2D eigenvalue weighted by atomic mass is 15.2. The van der Waals surface area contributed by atoms with Crippen molar-refractivity contribution in [2.24, 2.45) is 7.05 Å². The number of aromatic nitrogens is 3. The highest BCUT2D eigenvalue weighted by Crippen LogP contribution is 2.43. The van der Waals surface area contributed by atoms with Gasteiger partial charge in [-0.25, -0.2) is 4.57 Å². The van der Waals surface area contributed by atoms with E-state index in [1.807, 2.05) is 0 Å². The second kappa shape index (κ2) is 8.94. The summed E-state index contributed by atoms with van der Waals surface area (Å²) in [6.45, 7) is 15.8. The molecule has 0 fully saturated rings. The smallest absolute Gasteiger partial charge is 0.257 e. The van der Waals surface area contributed by atoms with E-state index in [0.29, 0.717) is 11.8 Å². The number of fused-ring (bicyclic) bond motifs is 5. The van der Waals surface area contributed by atoms with Gasteiger partial charge >= 0.3 is 0 Å². The summed E-state index contributed by atoms with van der Waals surface area (Å²) in [4.78, 5) is 4.93. The van der Waals surface area contributed by atoms with Gasteiger partial charge in [0, 0.05) is 34.4 Å². The molecule has 3 aromatic carbocycles. The first-order valence-electron chi connectivity index (χ1n) is 13.9. The highest BCUT2D eigenvalue weighted by Gasteiger charge is 2.35. The maximum absolute atomic E-state index is 4.93. The van der Waals surface area contributed by atoms with Crippen molar-refractivity contribution >= 4 is 11.0 Å². The van der Waals surface area contributed by atoms with Gasteiger partial charge in [-0.2, -0.15) is 4.57 Å². The van der Waals surface area contributed by atoms with Crippen LogP contribution in [0.2, 0.25) is 0 Å². The van der Waals surface area contributed by atoms with Gasteiger partial charge in [-0.15, -0.1) is 0 Å². The van der Waals surface area contributed by atoms with E-state index in [0.717, 1.165) is 12.1 Å². The summed E-state index contributed by atoms with van der Waals surface area (Å²) in [5, 5.41) is 0. The highest BCUT2D eigenvalue weighted by molar-refractivity contribution is 5.92. The van der Waals surface area contributed by atoms with Crippen LogP contribution in [0.25, 0.3) is 39.2 Å². The van der Waals surface area contributed by atoms with Crippen molar-refractivity contribution in [2.45, 2.75) is 66.7 Å². The SMILES string of the molecule is Cc1cc(C(C)C)c(-n2c(-c3ccccc3C)[n+](C)c3c4c(ccc32)-c2ccc(C)nc2C4)c(C(C)C)c1. The Hall–Kier alpha value is -3.72. The second-order valence-electron chi connectivity index (χ2n) is 11.7. The van der Waals surface area contributed by atoms with Gasteiger partial charge in [0.05, 0.1) is 18.3 Å². The zero-order valence-corrected chi connectivity index (χ0v) is 24.0. The van der Waals surface area contributed by atoms with Crippen molar-refractivity contribution in [3.63, 3.8) is 0 Å². The average molecular weight is 501 g/mol. The van der Waals surface area contributed by atoms with Crippen molar-refractivity contribution in [2.75, 3.05) is 0 Å². The lowest BCUT2D eigenvalue weighted by Crippen LogP contribution is -2.31. The molecule has 0 saturated carbocycles. The molecule has 3 nitrogen and oxygen atoms in total. The van der Waals surface area contributed by atoms with E-state index >= 15 is 0 Å². The minimum atomic E-state index is 0.403. The number of benzene rings is 3. The summed E-state index contributed by atoms with van der Waals surface area (Å²) in [6.07, 6.45) is 0.872. The van der Waals surface area contributed by atoms with Crippen LogP contribution in [0.5, 0.6) is 0 Å². The topological polar surface area (TPSA) is 21.7 Å². The molecule has 2 aromatic heterocycles. The summed E-state index contributed by atoms with van der Waals surface area (Å²) in [7, 11) is 2.25. The fourth-order valence-corrected chi connectivity index (χ4v) is 6.46. The fourth-order valence-electron chi connectivity index (χ4n) is 6.46. The summed E-state index contributed by atoms with van der Waals surface area (Å²) in [6, 6.07) is 22.7. The Morgan fingerprint density at radius 3 is 2.11 bits per heavy atom. The molecule has 2 heterocycles. The molecule has 0 saturated heterocycles. The van der Waals surface area contributed by atoms with Crippen molar-refractivity contribution in [1.82, 2.24) is 9.55 Å². The lowest BCUT2D eigenvalue weighted by molar-refractivity contribution is -0.634. The van der Waals surface area contributed by atoms with Crippen LogP contribution >= 0.6 is 0 Å². The van der Waals surface area contributed by atoms with E-state index < -0.39 is 0 Å². The summed E-state index contributed by atoms with van der Waals surface area (Å²) in [5.41, 5.74) is 16.9. The normalized spacial score (nSPS) is 12.6. The zero-order valence-electron chi connectivity index (χ0n) is 24.0. The molecule has 0 atom stereocenters. The fraction of sp³-hybridized carbons (Fsp3) is 0.314. The molecule has 1 aliphatic carbocycles. The Morgan fingerprint density at radius 1 is 0.789 bits per heavy atom. The maximum Gasteiger partial charge on any atom is 0.295 e. The van der Waals surface area contributed by atoms with Gasteiger partial charge in [-0.05, 0) is 68.0 Å². The Balaban J connectivity index is 1.79. The van der Waals surface area contributed by atoms with E-state index in [1.165, 1.54) is 72.7 Å². The van der Waals surface area contributed by atoms with Crippen LogP contribution in [0, 0.1) is 20.8 Å². The van der Waals surface area contributed by atoms with Gasteiger partial charge in [0.2, 0.25) is 0 Å². The number of imidazole rings is 1. The minimum Gasteiger partial charge on any atom is -0.257 e. The first kappa shape index (κ1) is 24.6. The van der Waals surface area contributed by atoms with E-state index in [2.05, 4.69) is 125 Å². The molecule has 1 aliphatic rings. The predicted molar refractivity (Wildman–Crippen MR) is 158 cm³/mol. The number of pyridine rings is 1. The van der Waals surface area contributed by atoms with Gasteiger partial charge in [-0.1, -0.05) is 69.7 Å². The monoisotopic (exact) mass is 500 g/mol. The molecule has 0 unspecified atom stereocenters. The first-order valence-corrected chi connectivity index (χ1v) is 13.9. The van der Waals surface area contributed by atoms with Crippen molar-refractivity contribution in [3.05, 3.63) is 99.9 Å². The third kappa shape index (κ3) is 3.63. The number of rotatable bonds is 4. The average Bonchev–Trinajstić information content (AvgIpc) is 3.38. The lowest BCUT2D eigenvalue weighted by atomic mass is 9.90. The molecule has 6 rings (SSSR count). The van der Waals surface area contributed by atoms with Gasteiger partial charge in [0.1, 0.15) is 5.69 Å². The van der Waals surface area contributed by atoms with Gasteiger partial charge in [-0.3, -0.25) is 4.98 Å². The Labute approximate surface area is 226 Å². The molecule has 0 N–H and O–H groups in total. The standard InChI is InChI=1S/C35H38N3/c1-20(2)28-17-22(5)18-29(21(3)4)33(28)38-32-16-15-26-27-14-13-24(7)36-31(27)19-30(26)34(32)37(8)35(38)25-12-10-9-11-23(25)6/h9-18,20-21H,19H2,1-8H3/q+1. The molecule has 38 heavy (non-hydrogen) atoms. The van der Waals surface area contributed by atoms with Gasteiger partial charge in [0.15, 0.2) is 11.0 Å². The molecule has 3 heteroatoms. The largest absolute Gasteiger partial charge is 0.295 e. The van der Waals surface area contributed by atoms with Crippen LogP contribution in [-0.4, -0.2) is 9.55 Å². The van der Waals surface area contributed by atoms with Crippen molar-refractivity contribution < 1.29 is 4.57 Å². The molecule has 192 valence electrons. The van der Waals surface area contributed by atoms with Crippen molar-refractivity contribution in [1.29, 1.82) is 0 Å². The van der Waals surface area contributed by atoms with Gasteiger partial charge in [0.25, 0.3) is 5.82 Å². The Bertz CT molecular complexity index is 1700. The maximum atomic E-state index is 4.93. The molecule has 0 aliphatic heterocycles. The van der Waals surface area contributed by atoms with E-state index in [9.17, 15) is 0 Å². The first-order chi connectivity index (χ1) is 18.2. The van der Waals surface area contributed by atoms with Crippen LogP contribution in [0.4, 0.5) is 0 Å². The zero-order chi connectivity index (χ0) is 26.9. The molecule has 5 aromatic rings. The van der Waals surface area contributed by atoms with Crippen LogP contribution in [-0.2, 0) is 13.5 Å². The van der Waals surface area contributed by atoms with Crippen LogP contribution in [0.15, 0.2) is 60.7 Å². The third-order valence-corrected chi connectivity index (χ3v) is 8.28. The third-order valence-electron chi connectivity index (χ3n) is 8.28. The van der Waals surface area contributed by atoms with Gasteiger partial charge < -0.3 is 0 Å². The Morgan fingerprint density at radius 2 is 1.45 bits per heavy atom. The van der Waals surface area contributed by atoms with Crippen LogP contribution < -0.4 is 4.57 Å². The number of aryl methyl sites for hydroxylation is 4. The molecular weight excluding hydrogens is 462 g/mol. The van der Waals surface area contributed by atoms with Crippen molar-refractivity contribution in [3.8, 4) is 28.2 Å². The number of hydrogen-bond donors (Lipinski definition) is 0. The predicted octanol–water partition coefficient (Wildman–Crippen LogP) is 8.26. The quantitative estimate of drug-likeness (QED) is 0.223. The number of hydrogen-bond acceptors (Lipinski definition) is 1. The molecule has 0 spiro atoms. The van der Waals surface area contributed by atoms with E-state index in [4.69, 9.17) is 4.98 Å². The van der Waals surface area contributed by atoms with Crippen LogP contribution in [0.1, 0.15) is 78.7 Å². The molecule has 0 amide bonds. The van der Waals surface area contributed by atoms with E-state index in [-0.39, 0.29) is 0 Å². The Kier molecular flexibility index (Phi) is 5.79. The molecule has 0 bridgehead atoms. The van der Waals surface area contributed by atoms with Crippen LogP contribution in [0.3, 0.4) is 0 Å². The summed E-state index contributed by atoms with van der Waals surface area (Å²) >= 11 is 0. The molecular formula is C35H38N3+. The summed E-state index contributed by atoms with van der Waals surface area (Å²) in [5.74, 6) is 2.04.